The van der Waals surface area contributed by atoms with Gasteiger partial charge in [-0.15, -0.1) is 0 Å². The van der Waals surface area contributed by atoms with Gasteiger partial charge in [-0.1, -0.05) is 0 Å². The fourth-order valence-corrected chi connectivity index (χ4v) is 18.9. The molecule has 6 heteroatoms. The van der Waals surface area contributed by atoms with Crippen molar-refractivity contribution < 1.29 is 12.3 Å². The van der Waals surface area contributed by atoms with Crippen molar-refractivity contribution >= 4 is 28.0 Å². The Balaban J connectivity index is 3.88. The summed E-state index contributed by atoms with van der Waals surface area (Å²) in [6.07, 6.45) is 0. The predicted molar refractivity (Wildman–Crippen MR) is 41.0 cm³/mol. The second kappa shape index (κ2) is 3.24. The van der Waals surface area contributed by atoms with E-state index >= 15 is 0 Å². The molecule has 0 heterocycles. The van der Waals surface area contributed by atoms with Crippen molar-refractivity contribution in [2.24, 2.45) is 0 Å². The molecule has 0 nitrogen and oxygen atoms in total. The second-order valence-electron chi connectivity index (χ2n) is 2.42. The molecular weight excluding hydrogens is 222 g/mol. The summed E-state index contributed by atoms with van der Waals surface area (Å²) in [5.74, 6) is 1.51. The van der Waals surface area contributed by atoms with Crippen molar-refractivity contribution in [2.75, 3.05) is 0 Å². The van der Waals surface area contributed by atoms with Crippen LogP contribution in [0.4, 0.5) is 12.3 Å². The Morgan fingerprint density at radius 3 is 1.78 bits per heavy atom. The molecule has 0 N–H and O–H groups in total. The zero-order valence-corrected chi connectivity index (χ0v) is 10.4. The molecule has 2 atom stereocenters. The van der Waals surface area contributed by atoms with Crippen molar-refractivity contribution in [1.29, 1.82) is 0 Å². The first-order valence-corrected chi connectivity index (χ1v) is 17.7. The SMILES string of the molecule is C[SiH](F)[GeH]([CH3])[Si](C)(F)F. The van der Waals surface area contributed by atoms with Gasteiger partial charge in [0, 0.05) is 0 Å². The summed E-state index contributed by atoms with van der Waals surface area (Å²) < 4.78 is 37.1. The second-order valence-corrected chi connectivity index (χ2v) is 34.6. The van der Waals surface area contributed by atoms with E-state index in [1.54, 1.807) is 0 Å². The molecule has 0 amide bonds. The van der Waals surface area contributed by atoms with E-state index < -0.39 is 28.0 Å². The van der Waals surface area contributed by atoms with Gasteiger partial charge in [0.15, 0.2) is 0 Å². The minimum absolute atomic E-state index is 0.987. The normalized spacial score (nSPS) is 19.3. The molecular formula is C3H11F3GeSi2. The van der Waals surface area contributed by atoms with Gasteiger partial charge in [-0.2, -0.15) is 0 Å². The Hall–Kier alpha value is 0.767. The summed E-state index contributed by atoms with van der Waals surface area (Å²) >= 11 is -2.63. The first kappa shape index (κ1) is 9.77. The van der Waals surface area contributed by atoms with Crippen LogP contribution in [0.1, 0.15) is 0 Å². The zero-order chi connectivity index (χ0) is 7.65. The molecule has 2 unspecified atom stereocenters. The summed E-state index contributed by atoms with van der Waals surface area (Å²) in [5, 5.41) is 0. The van der Waals surface area contributed by atoms with Crippen molar-refractivity contribution in [3.8, 4) is 0 Å². The Morgan fingerprint density at radius 2 is 1.78 bits per heavy atom. The first-order valence-electron chi connectivity index (χ1n) is 2.87. The first-order chi connectivity index (χ1) is 3.85. The van der Waals surface area contributed by atoms with E-state index in [4.69, 9.17) is 0 Å². The molecule has 0 aromatic carbocycles. The van der Waals surface area contributed by atoms with Gasteiger partial charge in [-0.3, -0.25) is 0 Å². The molecule has 0 saturated carbocycles. The van der Waals surface area contributed by atoms with E-state index in [1.165, 1.54) is 12.3 Å². The summed E-state index contributed by atoms with van der Waals surface area (Å²) in [5.41, 5.74) is 0. The van der Waals surface area contributed by atoms with E-state index in [2.05, 4.69) is 0 Å². The predicted octanol–water partition coefficient (Wildman–Crippen LogP) is 1.33. The van der Waals surface area contributed by atoms with Gasteiger partial charge in [-0.05, 0) is 0 Å². The zero-order valence-electron chi connectivity index (χ0n) is 5.79. The van der Waals surface area contributed by atoms with Crippen LogP contribution in [-0.4, -0.2) is 28.0 Å². The van der Waals surface area contributed by atoms with Gasteiger partial charge in [0.1, 0.15) is 0 Å². The molecule has 0 aliphatic heterocycles. The Bertz CT molecular complexity index is 91.5. The monoisotopic (exact) mass is 234 g/mol. The molecule has 0 rings (SSSR count). The number of rotatable bonds is 2. The number of hydrogen-bond acceptors (Lipinski definition) is 0. The third-order valence-corrected chi connectivity index (χ3v) is 39.5. The van der Waals surface area contributed by atoms with Crippen molar-refractivity contribution in [2.45, 2.75) is 18.9 Å². The van der Waals surface area contributed by atoms with Gasteiger partial charge in [0.25, 0.3) is 0 Å². The third kappa shape index (κ3) is 3.46. The molecule has 9 heavy (non-hydrogen) atoms. The topological polar surface area (TPSA) is 0 Å². The van der Waals surface area contributed by atoms with Crippen LogP contribution >= 0.6 is 0 Å². The van der Waals surface area contributed by atoms with Crippen LogP contribution < -0.4 is 0 Å². The molecule has 0 bridgehead atoms. The summed E-state index contributed by atoms with van der Waals surface area (Å²) in [6.45, 7) is 2.38. The molecule has 56 valence electrons. The van der Waals surface area contributed by atoms with Crippen LogP contribution in [0.15, 0.2) is 0 Å². The van der Waals surface area contributed by atoms with E-state index in [0.717, 1.165) is 6.55 Å². The van der Waals surface area contributed by atoms with Crippen LogP contribution in [0.2, 0.25) is 18.9 Å². The van der Waals surface area contributed by atoms with Crippen LogP contribution in [0.3, 0.4) is 0 Å². The van der Waals surface area contributed by atoms with Gasteiger partial charge in [0.05, 0.1) is 0 Å². The number of halogens is 3. The minimum atomic E-state index is -3.95. The van der Waals surface area contributed by atoms with Crippen LogP contribution in [-0.2, 0) is 0 Å². The Morgan fingerprint density at radius 1 is 1.44 bits per heavy atom. The van der Waals surface area contributed by atoms with E-state index in [9.17, 15) is 12.3 Å². The molecule has 0 aromatic rings. The summed E-state index contributed by atoms with van der Waals surface area (Å²) in [6, 6.07) is 0. The molecule has 0 aliphatic rings. The van der Waals surface area contributed by atoms with E-state index in [1.807, 2.05) is 0 Å². The quantitative estimate of drug-likeness (QED) is 0.498. The molecule has 0 fully saturated rings. The van der Waals surface area contributed by atoms with Crippen molar-refractivity contribution in [1.82, 2.24) is 0 Å². The molecule has 0 aliphatic carbocycles. The van der Waals surface area contributed by atoms with Crippen LogP contribution in [0.5, 0.6) is 0 Å². The number of hydrogen-bond donors (Lipinski definition) is 0. The van der Waals surface area contributed by atoms with Crippen LogP contribution in [0.25, 0.3) is 0 Å². The van der Waals surface area contributed by atoms with Gasteiger partial charge < -0.3 is 0 Å². The maximum absolute atomic E-state index is 12.4. The van der Waals surface area contributed by atoms with Crippen LogP contribution in [0, 0.1) is 0 Å². The van der Waals surface area contributed by atoms with Gasteiger partial charge >= 0.3 is 59.1 Å². The standard InChI is InChI=1S/C3H11F3GeSi2/c1-7(8(2)4)9(3,5)6/h7-8H,1-3H3. The maximum atomic E-state index is 12.4. The third-order valence-electron chi connectivity index (χ3n) is 1.49. The molecule has 0 spiro atoms. The van der Waals surface area contributed by atoms with Gasteiger partial charge in [0.2, 0.25) is 0 Å². The van der Waals surface area contributed by atoms with Gasteiger partial charge in [-0.25, -0.2) is 0 Å². The molecule has 0 saturated heterocycles. The Kier molecular flexibility index (Phi) is 3.52. The fraction of sp³-hybridized carbons (Fsp3) is 1.00. The fourth-order valence-electron chi connectivity index (χ4n) is 0.403. The van der Waals surface area contributed by atoms with Crippen molar-refractivity contribution in [3.05, 3.63) is 0 Å². The summed E-state index contributed by atoms with van der Waals surface area (Å²) in [7, 11) is -6.34. The van der Waals surface area contributed by atoms with Crippen molar-refractivity contribution in [3.63, 3.8) is 0 Å². The summed E-state index contributed by atoms with van der Waals surface area (Å²) in [4.78, 5) is 0. The van der Waals surface area contributed by atoms with E-state index in [-0.39, 0.29) is 0 Å². The Labute approximate surface area is 59.5 Å². The molecule has 0 radical (unpaired) electrons. The average molecular weight is 233 g/mol. The average Bonchev–Trinajstić information content (AvgIpc) is 1.62. The molecule has 0 aromatic heterocycles. The van der Waals surface area contributed by atoms with E-state index in [0.29, 0.717) is 0 Å².